The predicted octanol–water partition coefficient (Wildman–Crippen LogP) is 6.75. The van der Waals surface area contributed by atoms with Crippen molar-refractivity contribution in [1.29, 1.82) is 0 Å². The highest BCUT2D eigenvalue weighted by molar-refractivity contribution is 8.26. The molecule has 0 atom stereocenters. The van der Waals surface area contributed by atoms with E-state index in [9.17, 15) is 9.59 Å². The minimum absolute atomic E-state index is 0.167. The van der Waals surface area contributed by atoms with Gasteiger partial charge in [-0.25, -0.2) is 4.68 Å². The second-order valence-electron chi connectivity index (χ2n) is 8.83. The summed E-state index contributed by atoms with van der Waals surface area (Å²) in [4.78, 5) is 27.4. The van der Waals surface area contributed by atoms with Crippen LogP contribution in [-0.4, -0.2) is 44.0 Å². The van der Waals surface area contributed by atoms with Crippen molar-refractivity contribution in [2.24, 2.45) is 0 Å². The van der Waals surface area contributed by atoms with Crippen LogP contribution in [0.4, 0.5) is 0 Å². The van der Waals surface area contributed by atoms with Crippen molar-refractivity contribution in [2.75, 3.05) is 13.2 Å². The first kappa shape index (κ1) is 26.6. The number of carbonyl (C=O) groups excluding carboxylic acids is 2. The van der Waals surface area contributed by atoms with Gasteiger partial charge in [0, 0.05) is 29.7 Å². The van der Waals surface area contributed by atoms with Gasteiger partial charge in [-0.05, 0) is 31.6 Å². The molecule has 3 aromatic carbocycles. The first-order valence-corrected chi connectivity index (χ1v) is 14.0. The zero-order valence-electron chi connectivity index (χ0n) is 21.4. The van der Waals surface area contributed by atoms with E-state index in [4.69, 9.17) is 22.1 Å². The van der Waals surface area contributed by atoms with Crippen LogP contribution in [0.3, 0.4) is 0 Å². The molecule has 196 valence electrons. The molecule has 0 N–H and O–H groups in total. The van der Waals surface area contributed by atoms with Crippen LogP contribution in [0.2, 0.25) is 0 Å². The zero-order chi connectivity index (χ0) is 27.2. The third-order valence-corrected chi connectivity index (χ3v) is 7.61. The lowest BCUT2D eigenvalue weighted by atomic mass is 10.0. The number of rotatable bonds is 9. The number of aromatic nitrogens is 2. The number of ether oxygens (including phenoxy) is 1. The number of nitrogens with zero attached hydrogens (tertiary/aromatic N) is 3. The summed E-state index contributed by atoms with van der Waals surface area (Å²) in [7, 11) is 0. The Labute approximate surface area is 237 Å². The van der Waals surface area contributed by atoms with Gasteiger partial charge in [-0.2, -0.15) is 5.10 Å². The van der Waals surface area contributed by atoms with Crippen molar-refractivity contribution >= 4 is 46.3 Å². The van der Waals surface area contributed by atoms with Gasteiger partial charge in [0.25, 0.3) is 5.91 Å². The molecule has 39 heavy (non-hydrogen) atoms. The first-order chi connectivity index (χ1) is 19.1. The fraction of sp³-hybridized carbons (Fsp3) is 0.161. The molecular weight excluding hydrogens is 526 g/mol. The number of hydrogen-bond acceptors (Lipinski definition) is 6. The van der Waals surface area contributed by atoms with Crippen LogP contribution >= 0.6 is 24.0 Å². The summed E-state index contributed by atoms with van der Waals surface area (Å²) in [5.74, 6) is -0.439. The van der Waals surface area contributed by atoms with Crippen molar-refractivity contribution in [1.82, 2.24) is 14.7 Å². The predicted molar refractivity (Wildman–Crippen MR) is 160 cm³/mol. The van der Waals surface area contributed by atoms with Gasteiger partial charge < -0.3 is 4.74 Å². The minimum Gasteiger partial charge on any atom is -0.466 e. The van der Waals surface area contributed by atoms with Crippen molar-refractivity contribution in [3.05, 3.63) is 101 Å². The average molecular weight is 554 g/mol. The molecule has 6 nitrogen and oxygen atoms in total. The van der Waals surface area contributed by atoms with E-state index < -0.39 is 0 Å². The Morgan fingerprint density at radius 3 is 2.21 bits per heavy atom. The Kier molecular flexibility index (Phi) is 8.34. The molecule has 1 saturated heterocycles. The Balaban J connectivity index is 1.60. The second-order valence-corrected chi connectivity index (χ2v) is 10.5. The van der Waals surface area contributed by atoms with Crippen LogP contribution in [0.25, 0.3) is 34.3 Å². The van der Waals surface area contributed by atoms with Gasteiger partial charge in [0.15, 0.2) is 0 Å². The number of thioether (sulfide) groups is 1. The van der Waals surface area contributed by atoms with Crippen LogP contribution in [0.5, 0.6) is 0 Å². The minimum atomic E-state index is -0.271. The monoisotopic (exact) mass is 553 g/mol. The van der Waals surface area contributed by atoms with Gasteiger partial charge in [0.1, 0.15) is 10.0 Å². The number of amides is 1. The van der Waals surface area contributed by atoms with E-state index in [1.807, 2.05) is 102 Å². The SMILES string of the molecule is CCOC(=O)CCCN1C(=O)/C(=C/c2c(-c3ccccc3)nn(-c3ccccc3)c2-c2ccccc2)SC1=S. The highest BCUT2D eigenvalue weighted by Crippen LogP contribution is 2.39. The summed E-state index contributed by atoms with van der Waals surface area (Å²) < 4.78 is 7.42. The fourth-order valence-electron chi connectivity index (χ4n) is 4.44. The van der Waals surface area contributed by atoms with Gasteiger partial charge in [-0.1, -0.05) is 103 Å². The molecule has 0 radical (unpaired) electrons. The maximum absolute atomic E-state index is 13.5. The van der Waals surface area contributed by atoms with E-state index >= 15 is 0 Å². The highest BCUT2D eigenvalue weighted by Gasteiger charge is 2.33. The first-order valence-electron chi connectivity index (χ1n) is 12.8. The maximum atomic E-state index is 13.5. The number of para-hydroxylation sites is 1. The summed E-state index contributed by atoms with van der Waals surface area (Å²) in [6, 6.07) is 30.0. The van der Waals surface area contributed by atoms with Gasteiger partial charge in [0.2, 0.25) is 0 Å². The van der Waals surface area contributed by atoms with Gasteiger partial charge in [-0.15, -0.1) is 0 Å². The molecule has 1 aromatic heterocycles. The topological polar surface area (TPSA) is 64.4 Å². The van der Waals surface area contributed by atoms with Crippen LogP contribution in [-0.2, 0) is 14.3 Å². The molecule has 1 aliphatic rings. The number of benzene rings is 3. The van der Waals surface area contributed by atoms with E-state index in [-0.39, 0.29) is 18.3 Å². The van der Waals surface area contributed by atoms with Gasteiger partial charge in [0.05, 0.1) is 22.9 Å². The highest BCUT2D eigenvalue weighted by atomic mass is 32.2. The third kappa shape index (κ3) is 5.87. The number of esters is 1. The Morgan fingerprint density at radius 1 is 0.949 bits per heavy atom. The maximum Gasteiger partial charge on any atom is 0.305 e. The van der Waals surface area contributed by atoms with Crippen molar-refractivity contribution in [2.45, 2.75) is 19.8 Å². The van der Waals surface area contributed by atoms with Crippen LogP contribution < -0.4 is 0 Å². The Morgan fingerprint density at radius 2 is 1.56 bits per heavy atom. The van der Waals surface area contributed by atoms with E-state index in [0.717, 1.165) is 33.8 Å². The normalized spacial score (nSPS) is 14.3. The number of carbonyl (C=O) groups is 2. The van der Waals surface area contributed by atoms with Crippen LogP contribution in [0.1, 0.15) is 25.3 Å². The molecule has 1 fully saturated rings. The molecule has 0 bridgehead atoms. The summed E-state index contributed by atoms with van der Waals surface area (Å²) in [6.07, 6.45) is 2.63. The van der Waals surface area contributed by atoms with Crippen LogP contribution in [0.15, 0.2) is 95.9 Å². The lowest BCUT2D eigenvalue weighted by molar-refractivity contribution is -0.143. The third-order valence-electron chi connectivity index (χ3n) is 6.23. The average Bonchev–Trinajstić information content (AvgIpc) is 3.47. The number of thiocarbonyl (C=S) groups is 1. The lowest BCUT2D eigenvalue weighted by Gasteiger charge is -2.13. The molecule has 5 rings (SSSR count). The second kappa shape index (κ2) is 12.2. The van der Waals surface area contributed by atoms with Gasteiger partial charge in [-0.3, -0.25) is 14.5 Å². The smallest absolute Gasteiger partial charge is 0.305 e. The summed E-state index contributed by atoms with van der Waals surface area (Å²) in [6.45, 7) is 2.48. The molecule has 1 amide bonds. The van der Waals surface area contributed by atoms with E-state index in [0.29, 0.717) is 28.8 Å². The van der Waals surface area contributed by atoms with Gasteiger partial charge >= 0.3 is 5.97 Å². The Bertz CT molecular complexity index is 1520. The van der Waals surface area contributed by atoms with Crippen molar-refractivity contribution in [3.63, 3.8) is 0 Å². The molecule has 0 spiro atoms. The van der Waals surface area contributed by atoms with Crippen molar-refractivity contribution < 1.29 is 14.3 Å². The molecule has 2 heterocycles. The van der Waals surface area contributed by atoms with E-state index in [2.05, 4.69) is 0 Å². The summed E-state index contributed by atoms with van der Waals surface area (Å²) in [5, 5.41) is 5.07. The summed E-state index contributed by atoms with van der Waals surface area (Å²) in [5.41, 5.74) is 5.33. The largest absolute Gasteiger partial charge is 0.466 e. The van der Waals surface area contributed by atoms with E-state index in [1.54, 1.807) is 11.8 Å². The van der Waals surface area contributed by atoms with E-state index in [1.165, 1.54) is 11.8 Å². The number of hydrogen-bond donors (Lipinski definition) is 0. The molecule has 0 aliphatic carbocycles. The molecule has 4 aromatic rings. The molecular formula is C31H27N3O3S2. The van der Waals surface area contributed by atoms with Crippen molar-refractivity contribution in [3.8, 4) is 28.2 Å². The Hall–Kier alpha value is -4.01. The zero-order valence-corrected chi connectivity index (χ0v) is 23.1. The fourth-order valence-corrected chi connectivity index (χ4v) is 5.73. The quantitative estimate of drug-likeness (QED) is 0.130. The molecule has 8 heteroatoms. The molecule has 0 unspecified atom stereocenters. The molecule has 0 saturated carbocycles. The summed E-state index contributed by atoms with van der Waals surface area (Å²) >= 11 is 6.84. The van der Waals surface area contributed by atoms with Crippen LogP contribution in [0, 0.1) is 0 Å². The molecule has 1 aliphatic heterocycles. The standard InChI is InChI=1S/C31H27N3O3S2/c1-2-37-27(35)19-12-20-33-30(36)26(39-31(33)38)21-25-28(22-13-6-3-7-14-22)32-34(24-17-10-5-11-18-24)29(25)23-15-8-4-9-16-23/h3-11,13-18,21H,2,12,19-20H2,1H3/b26-21-. The lowest BCUT2D eigenvalue weighted by Crippen LogP contribution is -2.29.